The molecule has 162 valence electrons. The predicted molar refractivity (Wildman–Crippen MR) is 120 cm³/mol. The van der Waals surface area contributed by atoms with Crippen LogP contribution in [-0.2, 0) is 10.0 Å². The molecule has 4 aromatic rings. The van der Waals surface area contributed by atoms with E-state index in [1.807, 2.05) is 41.7 Å². The Morgan fingerprint density at radius 3 is 2.44 bits per heavy atom. The van der Waals surface area contributed by atoms with E-state index >= 15 is 0 Å². The lowest BCUT2D eigenvalue weighted by molar-refractivity contribution is 0.381. The zero-order valence-electron chi connectivity index (χ0n) is 17.4. The molecule has 1 aliphatic rings. The lowest BCUT2D eigenvalue weighted by Gasteiger charge is -2.35. The molecule has 0 radical (unpaired) electrons. The van der Waals surface area contributed by atoms with Crippen LogP contribution in [0.4, 0.5) is 10.2 Å². The fourth-order valence-corrected chi connectivity index (χ4v) is 5.74. The molecule has 9 heteroatoms. The molecular formula is C23H20FN5O2S. The highest BCUT2D eigenvalue weighted by molar-refractivity contribution is 7.89. The summed E-state index contributed by atoms with van der Waals surface area (Å²) >= 11 is 0. The fourth-order valence-electron chi connectivity index (χ4n) is 4.25. The molecule has 3 heterocycles. The van der Waals surface area contributed by atoms with Crippen LogP contribution in [-0.4, -0.2) is 48.3 Å². The van der Waals surface area contributed by atoms with Gasteiger partial charge in [-0.1, -0.05) is 24.3 Å². The molecule has 1 aliphatic heterocycles. The van der Waals surface area contributed by atoms with E-state index in [1.54, 1.807) is 0 Å². The number of nitriles is 1. The summed E-state index contributed by atoms with van der Waals surface area (Å²) in [5.74, 6) is 0.109. The maximum atomic E-state index is 14.1. The molecule has 5 rings (SSSR count). The van der Waals surface area contributed by atoms with Crippen LogP contribution in [0.3, 0.4) is 0 Å². The van der Waals surface area contributed by atoms with Crippen LogP contribution in [0.5, 0.6) is 0 Å². The Morgan fingerprint density at radius 2 is 1.72 bits per heavy atom. The van der Waals surface area contributed by atoms with E-state index in [0.717, 1.165) is 28.5 Å². The lowest BCUT2D eigenvalue weighted by atomic mass is 10.1. The van der Waals surface area contributed by atoms with Gasteiger partial charge in [-0.3, -0.25) is 4.40 Å². The van der Waals surface area contributed by atoms with E-state index < -0.39 is 15.8 Å². The second kappa shape index (κ2) is 7.58. The van der Waals surface area contributed by atoms with Crippen LogP contribution >= 0.6 is 0 Å². The highest BCUT2D eigenvalue weighted by Crippen LogP contribution is 2.30. The van der Waals surface area contributed by atoms with Crippen molar-refractivity contribution >= 4 is 32.5 Å². The number of piperazine rings is 1. The molecule has 0 saturated carbocycles. The van der Waals surface area contributed by atoms with Crippen LogP contribution in [0.2, 0.25) is 0 Å². The van der Waals surface area contributed by atoms with Gasteiger partial charge in [0.1, 0.15) is 22.6 Å². The van der Waals surface area contributed by atoms with Gasteiger partial charge >= 0.3 is 0 Å². The number of fused-ring (bicyclic) bond motifs is 3. The predicted octanol–water partition coefficient (Wildman–Crippen LogP) is 3.32. The van der Waals surface area contributed by atoms with E-state index in [9.17, 15) is 18.1 Å². The first-order valence-corrected chi connectivity index (χ1v) is 11.7. The molecule has 0 N–H and O–H groups in total. The summed E-state index contributed by atoms with van der Waals surface area (Å²) in [6.07, 6.45) is 0. The molecule has 0 spiro atoms. The highest BCUT2D eigenvalue weighted by atomic mass is 32.2. The average Bonchev–Trinajstić information content (AvgIpc) is 3.18. The molecular weight excluding hydrogens is 429 g/mol. The zero-order chi connectivity index (χ0) is 22.5. The minimum absolute atomic E-state index is 0.226. The number of benzene rings is 2. The van der Waals surface area contributed by atoms with Crippen LogP contribution in [0.15, 0.2) is 59.5 Å². The number of aryl methyl sites for hydroxylation is 1. The van der Waals surface area contributed by atoms with Gasteiger partial charge in [0.05, 0.1) is 16.6 Å². The SMILES string of the molecule is Cc1cc(N2CCN(S(=O)(=O)c3ccccc3F)CC2)n2c(nc3ccccc32)c1C#N. The first-order valence-electron chi connectivity index (χ1n) is 10.2. The number of para-hydroxylation sites is 2. The summed E-state index contributed by atoms with van der Waals surface area (Å²) in [6, 6.07) is 17.3. The Bertz CT molecular complexity index is 1500. The van der Waals surface area contributed by atoms with E-state index in [0.29, 0.717) is 24.3 Å². The van der Waals surface area contributed by atoms with E-state index in [-0.39, 0.29) is 18.0 Å². The normalized spacial score (nSPS) is 15.3. The summed E-state index contributed by atoms with van der Waals surface area (Å²) < 4.78 is 43.3. The quantitative estimate of drug-likeness (QED) is 0.479. The second-order valence-electron chi connectivity index (χ2n) is 7.75. The molecule has 7 nitrogen and oxygen atoms in total. The standard InChI is InChI=1S/C23H20FN5O2S/c1-16-14-22(29-20-8-4-3-7-19(20)26-23(29)17(16)15-25)27-10-12-28(13-11-27)32(30,31)21-9-5-2-6-18(21)24/h2-9,14H,10-13H2,1H3. The molecule has 1 saturated heterocycles. The van der Waals surface area contributed by atoms with Gasteiger partial charge in [0, 0.05) is 26.2 Å². The monoisotopic (exact) mass is 449 g/mol. The van der Waals surface area contributed by atoms with Gasteiger partial charge in [-0.05, 0) is 42.8 Å². The molecule has 1 fully saturated rings. The first-order chi connectivity index (χ1) is 15.4. The van der Waals surface area contributed by atoms with Crippen molar-refractivity contribution < 1.29 is 12.8 Å². The summed E-state index contributed by atoms with van der Waals surface area (Å²) in [5.41, 5.74) is 3.59. The number of halogens is 1. The summed E-state index contributed by atoms with van der Waals surface area (Å²) in [5, 5.41) is 9.68. The van der Waals surface area contributed by atoms with Gasteiger partial charge < -0.3 is 4.90 Å². The van der Waals surface area contributed by atoms with Gasteiger partial charge in [-0.2, -0.15) is 9.57 Å². The minimum atomic E-state index is -3.91. The fraction of sp³-hybridized carbons (Fsp3) is 0.217. The van der Waals surface area contributed by atoms with Crippen molar-refractivity contribution in [3.05, 3.63) is 71.5 Å². The van der Waals surface area contributed by atoms with Crippen molar-refractivity contribution in [2.45, 2.75) is 11.8 Å². The Morgan fingerprint density at radius 1 is 1.03 bits per heavy atom. The Hall–Kier alpha value is -3.48. The van der Waals surface area contributed by atoms with Crippen molar-refractivity contribution in [3.8, 4) is 6.07 Å². The molecule has 0 aliphatic carbocycles. The Balaban J connectivity index is 1.52. The number of aromatic nitrogens is 2. The molecule has 0 unspecified atom stereocenters. The lowest BCUT2D eigenvalue weighted by Crippen LogP contribution is -2.49. The summed E-state index contributed by atoms with van der Waals surface area (Å²) in [6.45, 7) is 3.19. The Labute approximate surface area is 185 Å². The third-order valence-electron chi connectivity index (χ3n) is 5.88. The van der Waals surface area contributed by atoms with Gasteiger partial charge in [0.15, 0.2) is 5.65 Å². The van der Waals surface area contributed by atoms with Crippen molar-refractivity contribution in [2.24, 2.45) is 0 Å². The van der Waals surface area contributed by atoms with Gasteiger partial charge in [-0.15, -0.1) is 0 Å². The van der Waals surface area contributed by atoms with Crippen molar-refractivity contribution in [2.75, 3.05) is 31.1 Å². The molecule has 2 aromatic carbocycles. The number of hydrogen-bond acceptors (Lipinski definition) is 5. The summed E-state index contributed by atoms with van der Waals surface area (Å²) in [4.78, 5) is 6.46. The smallest absolute Gasteiger partial charge is 0.246 e. The number of rotatable bonds is 3. The van der Waals surface area contributed by atoms with Crippen LogP contribution in [0.25, 0.3) is 16.7 Å². The van der Waals surface area contributed by atoms with Crippen molar-refractivity contribution in [1.29, 1.82) is 5.26 Å². The number of pyridine rings is 1. The summed E-state index contributed by atoms with van der Waals surface area (Å²) in [7, 11) is -3.91. The second-order valence-corrected chi connectivity index (χ2v) is 9.66. The number of sulfonamides is 1. The average molecular weight is 450 g/mol. The number of nitrogens with zero attached hydrogens (tertiary/aromatic N) is 5. The maximum absolute atomic E-state index is 14.1. The number of imidazole rings is 1. The maximum Gasteiger partial charge on any atom is 0.246 e. The van der Waals surface area contributed by atoms with Crippen LogP contribution < -0.4 is 4.90 Å². The minimum Gasteiger partial charge on any atom is -0.355 e. The number of hydrogen-bond donors (Lipinski definition) is 0. The highest BCUT2D eigenvalue weighted by Gasteiger charge is 2.31. The van der Waals surface area contributed by atoms with Crippen LogP contribution in [0, 0.1) is 24.1 Å². The Kier molecular flexibility index (Phi) is 4.84. The van der Waals surface area contributed by atoms with Gasteiger partial charge in [-0.25, -0.2) is 17.8 Å². The molecule has 32 heavy (non-hydrogen) atoms. The van der Waals surface area contributed by atoms with Gasteiger partial charge in [0.25, 0.3) is 0 Å². The van der Waals surface area contributed by atoms with Gasteiger partial charge in [0.2, 0.25) is 10.0 Å². The molecule has 0 bridgehead atoms. The molecule has 2 aromatic heterocycles. The number of anilines is 1. The van der Waals surface area contributed by atoms with Crippen molar-refractivity contribution in [1.82, 2.24) is 13.7 Å². The third kappa shape index (κ3) is 3.11. The van der Waals surface area contributed by atoms with E-state index in [1.165, 1.54) is 22.5 Å². The topological polar surface area (TPSA) is 81.7 Å². The van der Waals surface area contributed by atoms with Crippen LogP contribution in [0.1, 0.15) is 11.1 Å². The third-order valence-corrected chi connectivity index (χ3v) is 7.81. The largest absolute Gasteiger partial charge is 0.355 e. The van der Waals surface area contributed by atoms with E-state index in [4.69, 9.17) is 0 Å². The molecule has 0 atom stereocenters. The van der Waals surface area contributed by atoms with E-state index in [2.05, 4.69) is 16.0 Å². The zero-order valence-corrected chi connectivity index (χ0v) is 18.2. The molecule has 0 amide bonds. The van der Waals surface area contributed by atoms with Crippen molar-refractivity contribution in [3.63, 3.8) is 0 Å². The first kappa shape index (κ1) is 20.4.